The van der Waals surface area contributed by atoms with Crippen molar-refractivity contribution in [2.45, 2.75) is 31.9 Å². The van der Waals surface area contributed by atoms with Crippen LogP contribution in [0.3, 0.4) is 0 Å². The van der Waals surface area contributed by atoms with Gasteiger partial charge in [-0.2, -0.15) is 0 Å². The van der Waals surface area contributed by atoms with Gasteiger partial charge in [-0.1, -0.05) is 43.7 Å². The molecule has 4 heteroatoms. The van der Waals surface area contributed by atoms with Crippen molar-refractivity contribution in [1.29, 1.82) is 0 Å². The third-order valence-electron chi connectivity index (χ3n) is 2.43. The maximum atomic E-state index is 10.6. The number of aliphatic hydroxyl groups is 1. The van der Waals surface area contributed by atoms with Gasteiger partial charge >= 0.3 is 6.09 Å². The molecule has 0 saturated carbocycles. The fraction of sp³-hybridized carbons (Fsp3) is 0.417. The first-order valence-electron chi connectivity index (χ1n) is 5.37. The van der Waals surface area contributed by atoms with E-state index in [0.717, 1.165) is 12.0 Å². The maximum absolute atomic E-state index is 10.6. The number of rotatable bonds is 5. The average Bonchev–Trinajstić information content (AvgIpc) is 2.28. The van der Waals surface area contributed by atoms with Gasteiger partial charge in [0.05, 0.1) is 12.1 Å². The molecule has 88 valence electrons. The van der Waals surface area contributed by atoms with Gasteiger partial charge in [-0.25, -0.2) is 4.79 Å². The summed E-state index contributed by atoms with van der Waals surface area (Å²) < 4.78 is 0. The molecule has 0 saturated heterocycles. The number of hydrogen-bond donors (Lipinski definition) is 3. The molecular weight excluding hydrogens is 206 g/mol. The molecule has 4 nitrogen and oxygen atoms in total. The Morgan fingerprint density at radius 1 is 1.38 bits per heavy atom. The molecule has 0 fully saturated rings. The topological polar surface area (TPSA) is 69.6 Å². The summed E-state index contributed by atoms with van der Waals surface area (Å²) in [6, 6.07) is 8.62. The summed E-state index contributed by atoms with van der Waals surface area (Å²) in [5, 5.41) is 21.1. The zero-order valence-electron chi connectivity index (χ0n) is 9.26. The number of nitrogens with one attached hydrogen (secondary N) is 1. The van der Waals surface area contributed by atoms with Crippen LogP contribution in [0.2, 0.25) is 0 Å². The molecule has 0 bridgehead atoms. The highest BCUT2D eigenvalue weighted by molar-refractivity contribution is 5.65. The predicted molar refractivity (Wildman–Crippen MR) is 61.3 cm³/mol. The third-order valence-corrected chi connectivity index (χ3v) is 2.43. The zero-order valence-corrected chi connectivity index (χ0v) is 9.26. The summed E-state index contributed by atoms with van der Waals surface area (Å²) in [4.78, 5) is 10.6. The van der Waals surface area contributed by atoms with Gasteiger partial charge in [0.15, 0.2) is 0 Å². The second-order valence-corrected chi connectivity index (χ2v) is 3.70. The van der Waals surface area contributed by atoms with E-state index >= 15 is 0 Å². The average molecular weight is 223 g/mol. The van der Waals surface area contributed by atoms with Crippen molar-refractivity contribution in [1.82, 2.24) is 5.32 Å². The van der Waals surface area contributed by atoms with Crippen LogP contribution < -0.4 is 5.32 Å². The van der Waals surface area contributed by atoms with Crippen LogP contribution in [0.25, 0.3) is 0 Å². The van der Waals surface area contributed by atoms with E-state index in [0.29, 0.717) is 6.42 Å². The van der Waals surface area contributed by atoms with E-state index in [2.05, 4.69) is 5.32 Å². The lowest BCUT2D eigenvalue weighted by Gasteiger charge is -2.22. The van der Waals surface area contributed by atoms with Crippen molar-refractivity contribution in [3.8, 4) is 0 Å². The van der Waals surface area contributed by atoms with Crippen molar-refractivity contribution in [2.75, 3.05) is 0 Å². The fourth-order valence-electron chi connectivity index (χ4n) is 1.66. The smallest absolute Gasteiger partial charge is 0.404 e. The largest absolute Gasteiger partial charge is 0.465 e. The van der Waals surface area contributed by atoms with Gasteiger partial charge in [-0.05, 0) is 12.0 Å². The summed E-state index contributed by atoms with van der Waals surface area (Å²) in [7, 11) is 0. The molecule has 3 N–H and O–H groups in total. The standard InChI is InChI=1S/C12H17NO3/c1-2-6-10(13-12(15)16)11(14)9-7-4-3-5-8-9/h3-5,7-8,10-11,13-14H,2,6H2,1H3,(H,15,16)/t10-,11+/m0/s1. The number of amides is 1. The molecule has 0 unspecified atom stereocenters. The molecule has 0 heterocycles. The van der Waals surface area contributed by atoms with Gasteiger partial charge in [-0.15, -0.1) is 0 Å². The summed E-state index contributed by atoms with van der Waals surface area (Å²) in [5.41, 5.74) is 0.731. The minimum Gasteiger partial charge on any atom is -0.465 e. The highest BCUT2D eigenvalue weighted by Crippen LogP contribution is 2.19. The van der Waals surface area contributed by atoms with Crippen LogP contribution in [0.15, 0.2) is 30.3 Å². The number of carboxylic acid groups (broad SMARTS) is 1. The number of hydrogen-bond acceptors (Lipinski definition) is 2. The number of benzene rings is 1. The zero-order chi connectivity index (χ0) is 12.0. The Balaban J connectivity index is 2.74. The molecular formula is C12H17NO3. The first-order chi connectivity index (χ1) is 7.65. The third kappa shape index (κ3) is 3.55. The minimum atomic E-state index is -1.10. The summed E-state index contributed by atoms with van der Waals surface area (Å²) >= 11 is 0. The summed E-state index contributed by atoms with van der Waals surface area (Å²) in [6.45, 7) is 1.95. The first-order valence-corrected chi connectivity index (χ1v) is 5.37. The Kier molecular flexibility index (Phi) is 4.79. The van der Waals surface area contributed by atoms with E-state index in [-0.39, 0.29) is 0 Å². The molecule has 2 atom stereocenters. The van der Waals surface area contributed by atoms with Crippen LogP contribution in [0.4, 0.5) is 4.79 Å². The van der Waals surface area contributed by atoms with Crippen LogP contribution in [-0.4, -0.2) is 22.3 Å². The van der Waals surface area contributed by atoms with E-state index in [1.54, 1.807) is 12.1 Å². The fourth-order valence-corrected chi connectivity index (χ4v) is 1.66. The highest BCUT2D eigenvalue weighted by atomic mass is 16.4. The van der Waals surface area contributed by atoms with E-state index in [4.69, 9.17) is 5.11 Å². The van der Waals surface area contributed by atoms with Gasteiger partial charge in [-0.3, -0.25) is 0 Å². The molecule has 0 spiro atoms. The minimum absolute atomic E-state index is 0.454. The predicted octanol–water partition coefficient (Wildman–Crippen LogP) is 2.16. The van der Waals surface area contributed by atoms with Crippen molar-refractivity contribution in [3.63, 3.8) is 0 Å². The Morgan fingerprint density at radius 2 is 2.00 bits per heavy atom. The molecule has 0 aliphatic carbocycles. The molecule has 0 aliphatic rings. The van der Waals surface area contributed by atoms with Gasteiger partial charge in [0, 0.05) is 0 Å². The van der Waals surface area contributed by atoms with Crippen LogP contribution in [0.1, 0.15) is 31.4 Å². The van der Waals surface area contributed by atoms with Crippen molar-refractivity contribution in [2.24, 2.45) is 0 Å². The number of aliphatic hydroxyl groups excluding tert-OH is 1. The van der Waals surface area contributed by atoms with Gasteiger partial charge < -0.3 is 15.5 Å². The molecule has 1 aromatic rings. The lowest BCUT2D eigenvalue weighted by molar-refractivity contribution is 0.116. The molecule has 0 radical (unpaired) electrons. The van der Waals surface area contributed by atoms with Gasteiger partial charge in [0.2, 0.25) is 0 Å². The Labute approximate surface area is 94.9 Å². The molecule has 0 aromatic heterocycles. The van der Waals surface area contributed by atoms with E-state index < -0.39 is 18.2 Å². The lowest BCUT2D eigenvalue weighted by atomic mass is 9.99. The van der Waals surface area contributed by atoms with Crippen molar-refractivity contribution < 1.29 is 15.0 Å². The van der Waals surface area contributed by atoms with Crippen LogP contribution >= 0.6 is 0 Å². The molecule has 0 aliphatic heterocycles. The first kappa shape index (κ1) is 12.5. The molecule has 1 aromatic carbocycles. The van der Waals surface area contributed by atoms with Crippen molar-refractivity contribution in [3.05, 3.63) is 35.9 Å². The maximum Gasteiger partial charge on any atom is 0.404 e. The lowest BCUT2D eigenvalue weighted by Crippen LogP contribution is -2.38. The Hall–Kier alpha value is -1.55. The van der Waals surface area contributed by atoms with Crippen LogP contribution in [0, 0.1) is 0 Å². The second kappa shape index (κ2) is 6.12. The Bertz CT molecular complexity index is 326. The molecule has 16 heavy (non-hydrogen) atoms. The summed E-state index contributed by atoms with van der Waals surface area (Å²) in [5.74, 6) is 0. The van der Waals surface area contributed by atoms with E-state index in [1.165, 1.54) is 0 Å². The normalized spacial score (nSPS) is 14.1. The van der Waals surface area contributed by atoms with Gasteiger partial charge in [0.25, 0.3) is 0 Å². The van der Waals surface area contributed by atoms with Crippen LogP contribution in [0.5, 0.6) is 0 Å². The Morgan fingerprint density at radius 3 is 2.50 bits per heavy atom. The van der Waals surface area contributed by atoms with Crippen molar-refractivity contribution >= 4 is 6.09 Å². The highest BCUT2D eigenvalue weighted by Gasteiger charge is 2.21. The molecule has 1 rings (SSSR count). The SMILES string of the molecule is CCC[C@H](NC(=O)O)[C@H](O)c1ccccc1. The number of carbonyl (C=O) groups is 1. The van der Waals surface area contributed by atoms with E-state index in [9.17, 15) is 9.90 Å². The van der Waals surface area contributed by atoms with Crippen LogP contribution in [-0.2, 0) is 0 Å². The second-order valence-electron chi connectivity index (χ2n) is 3.70. The summed E-state index contributed by atoms with van der Waals surface area (Å²) in [6.07, 6.45) is -0.470. The monoisotopic (exact) mass is 223 g/mol. The van der Waals surface area contributed by atoms with E-state index in [1.807, 2.05) is 25.1 Å². The van der Waals surface area contributed by atoms with Gasteiger partial charge in [0.1, 0.15) is 0 Å². The quantitative estimate of drug-likeness (QED) is 0.716. The molecule has 1 amide bonds.